The average Bonchev–Trinajstić information content (AvgIpc) is 2.50. The van der Waals surface area contributed by atoms with Crippen molar-refractivity contribution in [1.82, 2.24) is 14.5 Å². The molecule has 0 radical (unpaired) electrons. The van der Waals surface area contributed by atoms with E-state index in [2.05, 4.69) is 16.8 Å². The fourth-order valence-corrected chi connectivity index (χ4v) is 2.68. The number of rotatable bonds is 6. The third kappa shape index (κ3) is 4.14. The normalized spacial score (nSPS) is 16.3. The summed E-state index contributed by atoms with van der Waals surface area (Å²) in [5.41, 5.74) is 2.79. The topological polar surface area (TPSA) is 47.4 Å². The van der Waals surface area contributed by atoms with Crippen LogP contribution in [0.1, 0.15) is 36.8 Å². The Balaban J connectivity index is 2.12. The summed E-state index contributed by atoms with van der Waals surface area (Å²) in [6.07, 6.45) is 2.89. The van der Waals surface area contributed by atoms with Gasteiger partial charge in [0.1, 0.15) is 5.69 Å². The van der Waals surface area contributed by atoms with Crippen molar-refractivity contribution in [2.75, 3.05) is 32.8 Å². The predicted octanol–water partition coefficient (Wildman–Crippen LogP) is 1.53. The number of aryl methyl sites for hydroxylation is 2. The third-order valence-electron chi connectivity index (χ3n) is 4.23. The largest absolute Gasteiger partial charge is 0.379 e. The Morgan fingerprint density at radius 1 is 1.19 bits per heavy atom. The zero-order chi connectivity index (χ0) is 15.2. The van der Waals surface area contributed by atoms with Crippen molar-refractivity contribution in [3.63, 3.8) is 0 Å². The van der Waals surface area contributed by atoms with Crippen LogP contribution in [0.25, 0.3) is 0 Å². The van der Waals surface area contributed by atoms with E-state index in [1.54, 1.807) is 0 Å². The van der Waals surface area contributed by atoms with Gasteiger partial charge in [-0.1, -0.05) is 13.3 Å². The molecule has 2 heterocycles. The Labute approximate surface area is 126 Å². The second-order valence-electron chi connectivity index (χ2n) is 5.74. The molecule has 118 valence electrons. The molecule has 1 fully saturated rings. The Bertz CT molecular complexity index is 519. The van der Waals surface area contributed by atoms with Gasteiger partial charge in [0.25, 0.3) is 5.56 Å². The molecule has 0 N–H and O–H groups in total. The van der Waals surface area contributed by atoms with E-state index in [1.165, 1.54) is 0 Å². The molecule has 0 unspecified atom stereocenters. The van der Waals surface area contributed by atoms with E-state index >= 15 is 0 Å². The van der Waals surface area contributed by atoms with Crippen LogP contribution in [-0.2, 0) is 17.7 Å². The molecular weight excluding hydrogens is 266 g/mol. The molecule has 1 saturated heterocycles. The third-order valence-corrected chi connectivity index (χ3v) is 4.23. The van der Waals surface area contributed by atoms with Gasteiger partial charge in [-0.05, 0) is 26.7 Å². The van der Waals surface area contributed by atoms with Gasteiger partial charge in [0.2, 0.25) is 0 Å². The van der Waals surface area contributed by atoms with Crippen molar-refractivity contribution in [3.05, 3.63) is 27.4 Å². The van der Waals surface area contributed by atoms with Gasteiger partial charge in [0.15, 0.2) is 0 Å². The number of hydrogen-bond acceptors (Lipinski definition) is 4. The van der Waals surface area contributed by atoms with E-state index in [9.17, 15) is 4.79 Å². The molecule has 2 rings (SSSR count). The number of hydrogen-bond donors (Lipinski definition) is 0. The molecule has 0 amide bonds. The van der Waals surface area contributed by atoms with Crippen LogP contribution in [0.4, 0.5) is 0 Å². The summed E-state index contributed by atoms with van der Waals surface area (Å²) in [4.78, 5) is 19.4. The van der Waals surface area contributed by atoms with Crippen molar-refractivity contribution in [3.8, 4) is 0 Å². The first-order valence-electron chi connectivity index (χ1n) is 8.00. The zero-order valence-corrected chi connectivity index (χ0v) is 13.5. The lowest BCUT2D eigenvalue weighted by Gasteiger charge is -2.27. The molecule has 21 heavy (non-hydrogen) atoms. The first-order chi connectivity index (χ1) is 10.1. The van der Waals surface area contributed by atoms with Gasteiger partial charge in [-0.2, -0.15) is 0 Å². The van der Waals surface area contributed by atoms with E-state index in [1.807, 2.05) is 18.4 Å². The smallest absolute Gasteiger partial charge is 0.272 e. The van der Waals surface area contributed by atoms with E-state index in [0.29, 0.717) is 0 Å². The highest BCUT2D eigenvalue weighted by molar-refractivity contribution is 5.13. The van der Waals surface area contributed by atoms with Crippen LogP contribution in [0.15, 0.2) is 4.79 Å². The highest BCUT2D eigenvalue weighted by Gasteiger charge is 2.14. The van der Waals surface area contributed by atoms with Crippen molar-refractivity contribution in [1.29, 1.82) is 0 Å². The summed E-state index contributed by atoms with van der Waals surface area (Å²) in [6.45, 7) is 11.3. The van der Waals surface area contributed by atoms with Gasteiger partial charge < -0.3 is 9.30 Å². The summed E-state index contributed by atoms with van der Waals surface area (Å²) >= 11 is 0. The van der Waals surface area contributed by atoms with Crippen LogP contribution in [-0.4, -0.2) is 47.3 Å². The summed E-state index contributed by atoms with van der Waals surface area (Å²) < 4.78 is 7.27. The molecule has 1 aromatic heterocycles. The summed E-state index contributed by atoms with van der Waals surface area (Å²) in [5, 5.41) is 0. The maximum absolute atomic E-state index is 12.6. The zero-order valence-electron chi connectivity index (χ0n) is 13.5. The minimum Gasteiger partial charge on any atom is -0.379 e. The van der Waals surface area contributed by atoms with Crippen molar-refractivity contribution in [2.24, 2.45) is 0 Å². The first kappa shape index (κ1) is 16.2. The summed E-state index contributed by atoms with van der Waals surface area (Å²) in [5.74, 6) is 0. The highest BCUT2D eigenvalue weighted by Crippen LogP contribution is 2.06. The van der Waals surface area contributed by atoms with Crippen LogP contribution in [0.2, 0.25) is 0 Å². The number of unbranched alkanes of at least 4 members (excludes halogenated alkanes) is 1. The second kappa shape index (κ2) is 7.71. The Hall–Kier alpha value is -1.20. The second-order valence-corrected chi connectivity index (χ2v) is 5.74. The predicted molar refractivity (Wildman–Crippen MR) is 83.8 cm³/mol. The summed E-state index contributed by atoms with van der Waals surface area (Å²) in [7, 11) is 0. The summed E-state index contributed by atoms with van der Waals surface area (Å²) in [6, 6.07) is 0. The number of aromatic nitrogens is 2. The molecule has 0 saturated carbocycles. The van der Waals surface area contributed by atoms with E-state index in [-0.39, 0.29) is 5.56 Å². The molecular formula is C16H27N3O2. The van der Waals surface area contributed by atoms with Crippen LogP contribution >= 0.6 is 0 Å². The van der Waals surface area contributed by atoms with Gasteiger partial charge in [0.05, 0.1) is 18.9 Å². The van der Waals surface area contributed by atoms with Gasteiger partial charge in [-0.15, -0.1) is 0 Å². The number of ether oxygens (including phenoxy) is 1. The molecule has 0 bridgehead atoms. The Kier molecular flexibility index (Phi) is 5.94. The van der Waals surface area contributed by atoms with Gasteiger partial charge in [-0.25, -0.2) is 0 Å². The Morgan fingerprint density at radius 3 is 2.57 bits per heavy atom. The molecule has 0 aromatic carbocycles. The lowest BCUT2D eigenvalue weighted by molar-refractivity contribution is 0.0362. The van der Waals surface area contributed by atoms with Gasteiger partial charge in [0, 0.05) is 31.9 Å². The number of nitrogens with zero attached hydrogens (tertiary/aromatic N) is 3. The molecule has 1 aliphatic heterocycles. The molecule has 1 aliphatic rings. The van der Waals surface area contributed by atoms with Crippen LogP contribution in [0, 0.1) is 13.8 Å². The lowest BCUT2D eigenvalue weighted by atomic mass is 10.2. The van der Waals surface area contributed by atoms with Crippen LogP contribution in [0.3, 0.4) is 0 Å². The SMILES string of the molecule is CCCCc1nc(C)c(C)n(CCN2CCOCC2)c1=O. The standard InChI is InChI=1S/C16H27N3O2/c1-4-5-6-15-16(20)19(14(3)13(2)17-15)8-7-18-9-11-21-12-10-18/h4-12H2,1-3H3. The lowest BCUT2D eigenvalue weighted by Crippen LogP contribution is -2.40. The van der Waals surface area contributed by atoms with Crippen LogP contribution in [0.5, 0.6) is 0 Å². The van der Waals surface area contributed by atoms with E-state index < -0.39 is 0 Å². The van der Waals surface area contributed by atoms with Gasteiger partial charge in [-0.3, -0.25) is 14.7 Å². The van der Waals surface area contributed by atoms with E-state index in [4.69, 9.17) is 4.74 Å². The molecule has 0 aliphatic carbocycles. The molecule has 1 aromatic rings. The van der Waals surface area contributed by atoms with Crippen LogP contribution < -0.4 is 5.56 Å². The fraction of sp³-hybridized carbons (Fsp3) is 0.750. The molecule has 0 atom stereocenters. The van der Waals surface area contributed by atoms with Crippen molar-refractivity contribution < 1.29 is 4.74 Å². The van der Waals surface area contributed by atoms with Crippen molar-refractivity contribution in [2.45, 2.75) is 46.6 Å². The maximum Gasteiger partial charge on any atom is 0.272 e. The Morgan fingerprint density at radius 2 is 1.90 bits per heavy atom. The minimum absolute atomic E-state index is 0.0970. The fourth-order valence-electron chi connectivity index (χ4n) is 2.68. The van der Waals surface area contributed by atoms with E-state index in [0.717, 1.165) is 75.7 Å². The maximum atomic E-state index is 12.6. The van der Waals surface area contributed by atoms with Gasteiger partial charge >= 0.3 is 0 Å². The monoisotopic (exact) mass is 293 g/mol. The quantitative estimate of drug-likeness (QED) is 0.798. The molecule has 5 heteroatoms. The highest BCUT2D eigenvalue weighted by atomic mass is 16.5. The minimum atomic E-state index is 0.0970. The van der Waals surface area contributed by atoms with Crippen molar-refractivity contribution >= 4 is 0 Å². The molecule has 5 nitrogen and oxygen atoms in total. The number of morpholine rings is 1. The first-order valence-corrected chi connectivity index (χ1v) is 8.00. The molecule has 0 spiro atoms. The average molecular weight is 293 g/mol.